The molecule has 0 saturated carbocycles. The molecule has 1 N–H and O–H groups in total. The van der Waals surface area contributed by atoms with Crippen molar-refractivity contribution in [2.45, 2.75) is 12.3 Å². The van der Waals surface area contributed by atoms with Crippen LogP contribution in [0.1, 0.15) is 17.0 Å². The molecule has 2 aromatic carbocycles. The normalized spacial score (nSPS) is 12.4. The second-order valence-corrected chi connectivity index (χ2v) is 4.76. The van der Waals surface area contributed by atoms with E-state index in [0.717, 1.165) is 5.56 Å². The van der Waals surface area contributed by atoms with Crippen LogP contribution in [0, 0.1) is 11.6 Å². The van der Waals surface area contributed by atoms with Crippen LogP contribution in [0.15, 0.2) is 42.5 Å². The summed E-state index contributed by atoms with van der Waals surface area (Å²) in [7, 11) is 0. The largest absolute Gasteiger partial charge is 0.396 e. The molecule has 1 nitrogen and oxygen atoms in total. The van der Waals surface area contributed by atoms with E-state index in [1.807, 2.05) is 0 Å². The van der Waals surface area contributed by atoms with Gasteiger partial charge in [-0.15, -0.1) is 0 Å². The minimum Gasteiger partial charge on any atom is -0.396 e. The molecule has 0 fully saturated rings. The fourth-order valence-corrected chi connectivity index (χ4v) is 2.23. The Balaban J connectivity index is 2.24. The van der Waals surface area contributed by atoms with E-state index in [-0.39, 0.29) is 23.4 Å². The molecule has 100 valence electrons. The van der Waals surface area contributed by atoms with Crippen molar-refractivity contribution in [3.63, 3.8) is 0 Å². The van der Waals surface area contributed by atoms with Crippen LogP contribution in [0.25, 0.3) is 0 Å². The number of hydrogen-bond acceptors (Lipinski definition) is 1. The first-order chi connectivity index (χ1) is 9.11. The van der Waals surface area contributed by atoms with Crippen LogP contribution in [-0.2, 0) is 6.42 Å². The van der Waals surface area contributed by atoms with Gasteiger partial charge in [0.25, 0.3) is 0 Å². The van der Waals surface area contributed by atoms with Crippen molar-refractivity contribution < 1.29 is 13.9 Å². The highest BCUT2D eigenvalue weighted by atomic mass is 35.5. The summed E-state index contributed by atoms with van der Waals surface area (Å²) in [6, 6.07) is 10.7. The van der Waals surface area contributed by atoms with Gasteiger partial charge in [-0.05, 0) is 35.7 Å². The Morgan fingerprint density at radius 1 is 1.05 bits per heavy atom. The van der Waals surface area contributed by atoms with Crippen LogP contribution in [0.5, 0.6) is 0 Å². The standard InChI is InChI=1S/C15H13ClF2O/c16-13-8-10(5-6-15(13)18)7-11(9-19)12-3-1-2-4-14(12)17/h1-6,8,11,19H,7,9H2. The van der Waals surface area contributed by atoms with Crippen molar-refractivity contribution in [3.05, 3.63) is 70.2 Å². The van der Waals surface area contributed by atoms with Gasteiger partial charge in [0, 0.05) is 5.92 Å². The third-order valence-corrected chi connectivity index (χ3v) is 3.32. The minimum absolute atomic E-state index is 0.0303. The summed E-state index contributed by atoms with van der Waals surface area (Å²) < 4.78 is 26.7. The van der Waals surface area contributed by atoms with E-state index in [9.17, 15) is 13.9 Å². The Bertz CT molecular complexity index is 572. The molecular weight excluding hydrogens is 270 g/mol. The zero-order valence-corrected chi connectivity index (χ0v) is 10.9. The Kier molecular flexibility index (Phi) is 4.51. The van der Waals surface area contributed by atoms with Crippen LogP contribution in [0.4, 0.5) is 8.78 Å². The summed E-state index contributed by atoms with van der Waals surface area (Å²) >= 11 is 5.71. The lowest BCUT2D eigenvalue weighted by molar-refractivity contribution is 0.261. The van der Waals surface area contributed by atoms with Crippen molar-refractivity contribution in [2.24, 2.45) is 0 Å². The lowest BCUT2D eigenvalue weighted by atomic mass is 9.92. The lowest BCUT2D eigenvalue weighted by Crippen LogP contribution is -2.09. The Morgan fingerprint density at radius 2 is 1.79 bits per heavy atom. The molecule has 0 aliphatic heterocycles. The molecule has 2 aromatic rings. The van der Waals surface area contributed by atoms with Gasteiger partial charge in [0.05, 0.1) is 11.6 Å². The third-order valence-electron chi connectivity index (χ3n) is 3.03. The van der Waals surface area contributed by atoms with E-state index >= 15 is 0 Å². The topological polar surface area (TPSA) is 20.2 Å². The number of benzene rings is 2. The SMILES string of the molecule is OCC(Cc1ccc(F)c(Cl)c1)c1ccccc1F. The van der Waals surface area contributed by atoms with Gasteiger partial charge >= 0.3 is 0 Å². The van der Waals surface area contributed by atoms with E-state index in [1.54, 1.807) is 24.3 Å². The molecule has 1 atom stereocenters. The van der Waals surface area contributed by atoms with Gasteiger partial charge in [-0.25, -0.2) is 8.78 Å². The first-order valence-corrected chi connectivity index (χ1v) is 6.29. The van der Waals surface area contributed by atoms with Crippen LogP contribution < -0.4 is 0 Å². The van der Waals surface area contributed by atoms with Crippen molar-refractivity contribution >= 4 is 11.6 Å². The summed E-state index contributed by atoms with van der Waals surface area (Å²) in [4.78, 5) is 0. The number of hydrogen-bond donors (Lipinski definition) is 1. The zero-order valence-electron chi connectivity index (χ0n) is 10.1. The molecule has 0 saturated heterocycles. The molecule has 0 bridgehead atoms. The van der Waals surface area contributed by atoms with Gasteiger partial charge in [0.1, 0.15) is 11.6 Å². The van der Waals surface area contributed by atoms with Gasteiger partial charge in [-0.2, -0.15) is 0 Å². The van der Waals surface area contributed by atoms with E-state index in [0.29, 0.717) is 12.0 Å². The zero-order chi connectivity index (χ0) is 13.8. The fraction of sp³-hybridized carbons (Fsp3) is 0.200. The molecule has 0 aromatic heterocycles. The Labute approximate surface area is 115 Å². The highest BCUT2D eigenvalue weighted by Crippen LogP contribution is 2.25. The predicted molar refractivity (Wildman–Crippen MR) is 71.3 cm³/mol. The second-order valence-electron chi connectivity index (χ2n) is 4.35. The van der Waals surface area contributed by atoms with Gasteiger partial charge in [0.15, 0.2) is 0 Å². The summed E-state index contributed by atoms with van der Waals surface area (Å²) in [5.74, 6) is -1.21. The van der Waals surface area contributed by atoms with Crippen molar-refractivity contribution in [1.29, 1.82) is 0 Å². The van der Waals surface area contributed by atoms with E-state index in [4.69, 9.17) is 11.6 Å². The highest BCUT2D eigenvalue weighted by Gasteiger charge is 2.15. The Morgan fingerprint density at radius 3 is 2.42 bits per heavy atom. The lowest BCUT2D eigenvalue weighted by Gasteiger charge is -2.15. The monoisotopic (exact) mass is 282 g/mol. The van der Waals surface area contributed by atoms with Crippen molar-refractivity contribution in [2.75, 3.05) is 6.61 Å². The highest BCUT2D eigenvalue weighted by molar-refractivity contribution is 6.30. The molecule has 1 unspecified atom stereocenters. The molecule has 0 aliphatic carbocycles. The molecule has 0 aliphatic rings. The van der Waals surface area contributed by atoms with Gasteiger partial charge < -0.3 is 5.11 Å². The smallest absolute Gasteiger partial charge is 0.141 e. The minimum atomic E-state index is -0.489. The van der Waals surface area contributed by atoms with Gasteiger partial charge in [-0.1, -0.05) is 35.9 Å². The predicted octanol–water partition coefficient (Wildman–Crippen LogP) is 3.94. The number of aliphatic hydroxyl groups is 1. The average Bonchev–Trinajstić information content (AvgIpc) is 2.41. The fourth-order valence-electron chi connectivity index (χ4n) is 2.03. The molecule has 0 amide bonds. The molecule has 0 radical (unpaired) electrons. The molecule has 19 heavy (non-hydrogen) atoms. The third kappa shape index (κ3) is 3.31. The Hall–Kier alpha value is -1.45. The first kappa shape index (κ1) is 14.0. The van der Waals surface area contributed by atoms with Crippen LogP contribution in [0.2, 0.25) is 5.02 Å². The molecule has 2 rings (SSSR count). The van der Waals surface area contributed by atoms with Crippen molar-refractivity contribution in [1.82, 2.24) is 0 Å². The number of rotatable bonds is 4. The number of aliphatic hydroxyl groups excluding tert-OH is 1. The molecule has 4 heteroatoms. The maximum Gasteiger partial charge on any atom is 0.141 e. The van der Waals surface area contributed by atoms with E-state index in [1.165, 1.54) is 18.2 Å². The summed E-state index contributed by atoms with van der Waals surface area (Å²) in [6.45, 7) is -0.185. The van der Waals surface area contributed by atoms with Crippen LogP contribution in [0.3, 0.4) is 0 Å². The van der Waals surface area contributed by atoms with Crippen LogP contribution in [-0.4, -0.2) is 11.7 Å². The van der Waals surface area contributed by atoms with Gasteiger partial charge in [0.2, 0.25) is 0 Å². The van der Waals surface area contributed by atoms with Gasteiger partial charge in [-0.3, -0.25) is 0 Å². The second kappa shape index (κ2) is 6.13. The summed E-state index contributed by atoms with van der Waals surface area (Å²) in [6.07, 6.45) is 0.400. The average molecular weight is 283 g/mol. The number of halogens is 3. The maximum atomic E-state index is 13.7. The van der Waals surface area contributed by atoms with E-state index < -0.39 is 5.82 Å². The maximum absolute atomic E-state index is 13.7. The summed E-state index contributed by atoms with van der Waals surface area (Å²) in [5, 5.41) is 9.45. The summed E-state index contributed by atoms with van der Waals surface area (Å²) in [5.41, 5.74) is 1.21. The molecule has 0 heterocycles. The molecule has 0 spiro atoms. The van der Waals surface area contributed by atoms with Crippen LogP contribution >= 0.6 is 11.6 Å². The van der Waals surface area contributed by atoms with Crippen molar-refractivity contribution in [3.8, 4) is 0 Å². The molecular formula is C15H13ClF2O. The quantitative estimate of drug-likeness (QED) is 0.901. The first-order valence-electron chi connectivity index (χ1n) is 5.91. The van der Waals surface area contributed by atoms with E-state index in [2.05, 4.69) is 0 Å².